The number of carboxylic acids is 1. The van der Waals surface area contributed by atoms with Gasteiger partial charge in [0, 0.05) is 30.5 Å². The minimum atomic E-state index is -3.57. The average molecular weight is 392 g/mol. The van der Waals surface area contributed by atoms with E-state index < -0.39 is 22.0 Å². The highest BCUT2D eigenvalue weighted by molar-refractivity contribution is 8.03. The lowest BCUT2D eigenvalue weighted by molar-refractivity contribution is -0.155. The molecule has 0 aromatic heterocycles. The molecule has 2 aliphatic heterocycles. The van der Waals surface area contributed by atoms with Gasteiger partial charge in [0.05, 0.1) is 24.8 Å². The lowest BCUT2D eigenvalue weighted by Gasteiger charge is -2.43. The monoisotopic (exact) mass is 392 g/mol. The second-order valence-corrected chi connectivity index (χ2v) is 8.64. The van der Waals surface area contributed by atoms with Gasteiger partial charge in [-0.1, -0.05) is 0 Å². The van der Waals surface area contributed by atoms with Crippen LogP contribution in [-0.2, 0) is 28.7 Å². The number of carbonyl (C=O) groups excluding carboxylic acids is 2. The van der Waals surface area contributed by atoms with Crippen LogP contribution in [0.5, 0.6) is 0 Å². The first-order valence-electron chi connectivity index (χ1n) is 7.63. The van der Waals surface area contributed by atoms with Gasteiger partial charge in [-0.3, -0.25) is 13.8 Å². The predicted octanol–water partition coefficient (Wildman–Crippen LogP) is -0.251. The van der Waals surface area contributed by atoms with Crippen molar-refractivity contribution in [2.45, 2.75) is 25.8 Å². The van der Waals surface area contributed by atoms with E-state index in [0.717, 1.165) is 6.26 Å². The Morgan fingerprint density at radius 3 is 2.68 bits per heavy atom. The van der Waals surface area contributed by atoms with Gasteiger partial charge in [0.25, 0.3) is 10.1 Å². The number of β-lactam (4-membered cyclic amide) rings is 1. The lowest BCUT2D eigenvalue weighted by Crippen LogP contribution is -2.58. The third-order valence-corrected chi connectivity index (χ3v) is 5.64. The zero-order valence-electron chi connectivity index (χ0n) is 13.9. The molecule has 0 radical (unpaired) electrons. The van der Waals surface area contributed by atoms with E-state index in [1.54, 1.807) is 0 Å². The molecule has 2 aliphatic rings. The number of carbonyl (C=O) groups is 3. The topological polar surface area (TPSA) is 130 Å². The Hall–Kier alpha value is -1.59. The van der Waals surface area contributed by atoms with Crippen molar-refractivity contribution in [1.82, 2.24) is 10.2 Å². The molecule has 1 saturated heterocycles. The van der Waals surface area contributed by atoms with E-state index in [1.807, 2.05) is 0 Å². The number of aliphatic carboxylic acids is 1. The number of thioether (sulfide) groups is 1. The zero-order valence-corrected chi connectivity index (χ0v) is 15.5. The van der Waals surface area contributed by atoms with Crippen molar-refractivity contribution in [2.24, 2.45) is 5.92 Å². The van der Waals surface area contributed by atoms with E-state index in [0.29, 0.717) is 23.6 Å². The average Bonchev–Trinajstić information content (AvgIpc) is 2.82. The van der Waals surface area contributed by atoms with Crippen LogP contribution in [0.1, 0.15) is 19.8 Å². The van der Waals surface area contributed by atoms with E-state index in [-0.39, 0.29) is 36.6 Å². The Morgan fingerprint density at radius 1 is 1.44 bits per heavy atom. The highest BCUT2D eigenvalue weighted by Crippen LogP contribution is 2.46. The van der Waals surface area contributed by atoms with Crippen molar-refractivity contribution < 1.29 is 32.1 Å². The maximum Gasteiger partial charge on any atom is 0.353 e. The number of hydrogen-bond donors (Lipinski definition) is 2. The van der Waals surface area contributed by atoms with Gasteiger partial charge in [0.2, 0.25) is 11.8 Å². The van der Waals surface area contributed by atoms with Gasteiger partial charge in [-0.2, -0.15) is 8.42 Å². The molecule has 25 heavy (non-hydrogen) atoms. The molecule has 11 heteroatoms. The van der Waals surface area contributed by atoms with E-state index in [1.165, 1.54) is 23.6 Å². The predicted molar refractivity (Wildman–Crippen MR) is 90.0 cm³/mol. The molecule has 0 aromatic rings. The summed E-state index contributed by atoms with van der Waals surface area (Å²) in [5.74, 6) is -1.59. The molecule has 2 N–H and O–H groups in total. The molecule has 140 valence electrons. The van der Waals surface area contributed by atoms with E-state index in [4.69, 9.17) is 0 Å². The molecular formula is C14H20N2O7S2. The van der Waals surface area contributed by atoms with Gasteiger partial charge in [0.15, 0.2) is 0 Å². The fourth-order valence-corrected chi connectivity index (χ4v) is 4.39. The van der Waals surface area contributed by atoms with Gasteiger partial charge in [-0.25, -0.2) is 4.79 Å². The molecule has 0 saturated carbocycles. The molecular weight excluding hydrogens is 372 g/mol. The molecule has 2 amide bonds. The molecule has 0 bridgehead atoms. The Balaban J connectivity index is 1.96. The van der Waals surface area contributed by atoms with E-state index in [9.17, 15) is 27.9 Å². The summed E-state index contributed by atoms with van der Waals surface area (Å²) in [6.45, 7) is 1.70. The summed E-state index contributed by atoms with van der Waals surface area (Å²) < 4.78 is 26.6. The number of fused-ring (bicyclic) bond motifs is 1. The Morgan fingerprint density at radius 2 is 2.12 bits per heavy atom. The Bertz CT molecular complexity index is 717. The largest absolute Gasteiger partial charge is 0.477 e. The summed E-state index contributed by atoms with van der Waals surface area (Å²) in [5, 5.41) is 12.0. The highest BCUT2D eigenvalue weighted by atomic mass is 32.2. The smallest absolute Gasteiger partial charge is 0.353 e. The zero-order chi connectivity index (χ0) is 18.8. The first-order valence-corrected chi connectivity index (χ1v) is 10.4. The van der Waals surface area contributed by atoms with E-state index >= 15 is 0 Å². The van der Waals surface area contributed by atoms with Crippen molar-refractivity contribution in [3.63, 3.8) is 0 Å². The quantitative estimate of drug-likeness (QED) is 0.312. The first kappa shape index (κ1) is 19.7. The van der Waals surface area contributed by atoms with Crippen molar-refractivity contribution in [2.75, 3.05) is 25.2 Å². The normalized spacial score (nSPS) is 22.6. The van der Waals surface area contributed by atoms with Gasteiger partial charge in [0.1, 0.15) is 5.70 Å². The standard InChI is InChI=1S/C14H20N2O7S2/c1-8(17)15-4-6-24-11-7-10-9(3-5-23-25(2,21)22)13(18)16(10)12(11)14(19)20/h9-10H,3-7H2,1-2H3,(H,15,17)(H,19,20)/t9-,10-/m1/s1. The molecule has 2 atom stereocenters. The second kappa shape index (κ2) is 7.75. The van der Waals surface area contributed by atoms with E-state index in [2.05, 4.69) is 9.50 Å². The number of carboxylic acid groups (broad SMARTS) is 1. The Labute approximate surface area is 149 Å². The molecule has 0 unspecified atom stereocenters. The number of hydrogen-bond acceptors (Lipinski definition) is 7. The Kier molecular flexibility index (Phi) is 6.12. The fourth-order valence-electron chi connectivity index (χ4n) is 2.93. The van der Waals surface area contributed by atoms with Gasteiger partial charge in [-0.05, 0) is 6.42 Å². The summed E-state index contributed by atoms with van der Waals surface area (Å²) >= 11 is 1.31. The maximum atomic E-state index is 12.2. The lowest BCUT2D eigenvalue weighted by atomic mass is 9.85. The summed E-state index contributed by atoms with van der Waals surface area (Å²) in [7, 11) is -3.57. The third kappa shape index (κ3) is 4.73. The number of amides is 2. The molecule has 2 rings (SSSR count). The summed E-state index contributed by atoms with van der Waals surface area (Å²) in [5.41, 5.74) is -0.0110. The molecule has 2 heterocycles. The molecule has 0 aromatic carbocycles. The van der Waals surface area contributed by atoms with Crippen LogP contribution in [0.2, 0.25) is 0 Å². The van der Waals surface area contributed by atoms with Crippen LogP contribution in [0.3, 0.4) is 0 Å². The van der Waals surface area contributed by atoms with Crippen LogP contribution in [0.15, 0.2) is 10.6 Å². The highest BCUT2D eigenvalue weighted by Gasteiger charge is 2.54. The van der Waals surface area contributed by atoms with Gasteiger partial charge in [-0.15, -0.1) is 11.8 Å². The summed E-state index contributed by atoms with van der Waals surface area (Å²) in [6, 6.07) is -0.273. The molecule has 0 spiro atoms. The van der Waals surface area contributed by atoms with Crippen molar-refractivity contribution in [1.29, 1.82) is 0 Å². The number of nitrogens with zero attached hydrogens (tertiary/aromatic N) is 1. The number of nitrogens with one attached hydrogen (secondary N) is 1. The van der Waals surface area contributed by atoms with Crippen LogP contribution in [0.4, 0.5) is 0 Å². The van der Waals surface area contributed by atoms with Crippen LogP contribution in [0, 0.1) is 5.92 Å². The molecule has 0 aliphatic carbocycles. The van der Waals surface area contributed by atoms with Gasteiger partial charge >= 0.3 is 5.97 Å². The van der Waals surface area contributed by atoms with Crippen LogP contribution in [0.25, 0.3) is 0 Å². The van der Waals surface area contributed by atoms with Crippen LogP contribution in [-0.4, -0.2) is 67.4 Å². The van der Waals surface area contributed by atoms with Crippen LogP contribution >= 0.6 is 11.8 Å². The van der Waals surface area contributed by atoms with Crippen molar-refractivity contribution in [3.8, 4) is 0 Å². The summed E-state index contributed by atoms with van der Waals surface area (Å²) in [6.07, 6.45) is 1.58. The van der Waals surface area contributed by atoms with Crippen molar-refractivity contribution >= 4 is 39.7 Å². The SMILES string of the molecule is CC(=O)NCCSC1=C(C(=O)O)N2C(=O)[C@H](CCOS(C)(=O)=O)[C@H]2C1. The minimum Gasteiger partial charge on any atom is -0.477 e. The second-order valence-electron chi connectivity index (χ2n) is 5.81. The minimum absolute atomic E-state index is 0.0110. The fraction of sp³-hybridized carbons (Fsp3) is 0.643. The summed E-state index contributed by atoms with van der Waals surface area (Å²) in [4.78, 5) is 36.5. The number of rotatable bonds is 9. The van der Waals surface area contributed by atoms with Crippen molar-refractivity contribution in [3.05, 3.63) is 10.6 Å². The van der Waals surface area contributed by atoms with Crippen LogP contribution < -0.4 is 5.32 Å². The first-order chi connectivity index (χ1) is 11.6. The molecule has 1 fully saturated rings. The third-order valence-electron chi connectivity index (χ3n) is 3.93. The molecule has 9 nitrogen and oxygen atoms in total. The maximum absolute atomic E-state index is 12.2. The van der Waals surface area contributed by atoms with Gasteiger partial charge < -0.3 is 15.3 Å².